The summed E-state index contributed by atoms with van der Waals surface area (Å²) in [5.41, 5.74) is 0.842. The molecule has 1 unspecified atom stereocenters. The standard InChI is InChI=1S/C10H8F3NO3/c1-5-2-3-7-6(4-5)14-8(15)9(16,17-7)10(11,12)13/h2-4,16H,1H3,(H,14,15). The number of anilines is 1. The van der Waals surface area contributed by atoms with Crippen molar-refractivity contribution in [2.24, 2.45) is 0 Å². The number of nitrogens with one attached hydrogen (secondary N) is 1. The highest BCUT2D eigenvalue weighted by Crippen LogP contribution is 2.40. The number of benzene rings is 1. The summed E-state index contributed by atoms with van der Waals surface area (Å²) in [5, 5.41) is 11.2. The molecule has 1 atom stereocenters. The molecule has 17 heavy (non-hydrogen) atoms. The number of aryl methyl sites for hydroxylation is 1. The molecule has 0 saturated heterocycles. The number of ether oxygens (including phenoxy) is 1. The molecule has 1 aliphatic heterocycles. The fourth-order valence-electron chi connectivity index (χ4n) is 1.43. The predicted octanol–water partition coefficient (Wildman–Crippen LogP) is 1.58. The van der Waals surface area contributed by atoms with Crippen molar-refractivity contribution in [1.82, 2.24) is 0 Å². The summed E-state index contributed by atoms with van der Waals surface area (Å²) in [7, 11) is 0. The summed E-state index contributed by atoms with van der Waals surface area (Å²) in [6.07, 6.45) is -5.21. The lowest BCUT2D eigenvalue weighted by atomic mass is 10.1. The van der Waals surface area contributed by atoms with Crippen LogP contribution in [-0.4, -0.2) is 23.0 Å². The van der Waals surface area contributed by atoms with E-state index >= 15 is 0 Å². The number of hydrogen-bond acceptors (Lipinski definition) is 3. The third-order valence-corrected chi connectivity index (χ3v) is 2.33. The number of halogens is 3. The third-order valence-electron chi connectivity index (χ3n) is 2.33. The van der Waals surface area contributed by atoms with E-state index in [2.05, 4.69) is 4.74 Å². The Morgan fingerprint density at radius 1 is 1.41 bits per heavy atom. The zero-order valence-electron chi connectivity index (χ0n) is 8.63. The van der Waals surface area contributed by atoms with Gasteiger partial charge in [-0.15, -0.1) is 0 Å². The Labute approximate surface area is 94.0 Å². The van der Waals surface area contributed by atoms with Crippen LogP contribution in [0.2, 0.25) is 0 Å². The van der Waals surface area contributed by atoms with Gasteiger partial charge in [0.2, 0.25) is 0 Å². The zero-order chi connectivity index (χ0) is 12.8. The first kappa shape index (κ1) is 11.7. The average molecular weight is 247 g/mol. The molecule has 2 N–H and O–H groups in total. The molecular formula is C10H8F3NO3. The molecule has 1 aromatic carbocycles. The van der Waals surface area contributed by atoms with Crippen molar-refractivity contribution >= 4 is 11.6 Å². The van der Waals surface area contributed by atoms with Crippen LogP contribution in [0.5, 0.6) is 5.75 Å². The van der Waals surface area contributed by atoms with Crippen LogP contribution in [-0.2, 0) is 4.79 Å². The van der Waals surface area contributed by atoms with E-state index in [0.29, 0.717) is 0 Å². The summed E-state index contributed by atoms with van der Waals surface area (Å²) in [6.45, 7) is 1.71. The van der Waals surface area contributed by atoms with Gasteiger partial charge in [0, 0.05) is 0 Å². The molecule has 0 radical (unpaired) electrons. The van der Waals surface area contributed by atoms with E-state index in [9.17, 15) is 23.1 Å². The Balaban J connectivity index is 2.47. The van der Waals surface area contributed by atoms with Gasteiger partial charge in [-0.2, -0.15) is 13.2 Å². The van der Waals surface area contributed by atoms with Crippen LogP contribution in [0.4, 0.5) is 18.9 Å². The molecule has 1 aromatic rings. The van der Waals surface area contributed by atoms with Gasteiger partial charge in [-0.05, 0) is 24.6 Å². The molecule has 4 nitrogen and oxygen atoms in total. The summed E-state index contributed by atoms with van der Waals surface area (Å²) < 4.78 is 41.9. The SMILES string of the molecule is Cc1ccc2c(c1)NC(=O)C(O)(C(F)(F)F)O2. The quantitative estimate of drug-likeness (QED) is 0.731. The van der Waals surface area contributed by atoms with Crippen LogP contribution in [0.25, 0.3) is 0 Å². The Morgan fingerprint density at radius 3 is 2.65 bits per heavy atom. The van der Waals surface area contributed by atoms with Crippen molar-refractivity contribution in [3.8, 4) is 5.75 Å². The number of hydrogen-bond donors (Lipinski definition) is 2. The maximum absolute atomic E-state index is 12.5. The summed E-state index contributed by atoms with van der Waals surface area (Å²) in [4.78, 5) is 11.2. The van der Waals surface area contributed by atoms with Crippen molar-refractivity contribution < 1.29 is 27.8 Å². The monoisotopic (exact) mass is 247 g/mol. The fraction of sp³-hybridized carbons (Fsp3) is 0.300. The Kier molecular flexibility index (Phi) is 2.32. The minimum atomic E-state index is -5.21. The molecule has 92 valence electrons. The molecule has 0 bridgehead atoms. The second kappa shape index (κ2) is 3.36. The predicted molar refractivity (Wildman–Crippen MR) is 51.4 cm³/mol. The number of carbonyl (C=O) groups excluding carboxylic acids is 1. The Bertz CT molecular complexity index is 486. The van der Waals surface area contributed by atoms with Gasteiger partial charge in [0.1, 0.15) is 5.75 Å². The van der Waals surface area contributed by atoms with Crippen LogP contribution in [0.3, 0.4) is 0 Å². The highest BCUT2D eigenvalue weighted by molar-refractivity contribution is 6.00. The van der Waals surface area contributed by atoms with E-state index in [1.54, 1.807) is 6.92 Å². The van der Waals surface area contributed by atoms with Crippen molar-refractivity contribution in [2.75, 3.05) is 5.32 Å². The Hall–Kier alpha value is -1.76. The van der Waals surface area contributed by atoms with Crippen molar-refractivity contribution in [1.29, 1.82) is 0 Å². The van der Waals surface area contributed by atoms with E-state index in [4.69, 9.17) is 0 Å². The lowest BCUT2D eigenvalue weighted by Crippen LogP contribution is -2.60. The molecule has 1 heterocycles. The molecule has 0 saturated carbocycles. The summed E-state index contributed by atoms with van der Waals surface area (Å²) >= 11 is 0. The lowest BCUT2D eigenvalue weighted by molar-refractivity contribution is -0.316. The first-order valence-electron chi connectivity index (χ1n) is 4.64. The van der Waals surface area contributed by atoms with Crippen molar-refractivity contribution in [2.45, 2.75) is 18.9 Å². The molecule has 0 spiro atoms. The number of aliphatic hydroxyl groups is 1. The normalized spacial score (nSPS) is 23.7. The average Bonchev–Trinajstić information content (AvgIpc) is 2.19. The van der Waals surface area contributed by atoms with Gasteiger partial charge in [0.15, 0.2) is 0 Å². The number of carbonyl (C=O) groups is 1. The van der Waals surface area contributed by atoms with Crippen LogP contribution in [0, 0.1) is 6.92 Å². The van der Waals surface area contributed by atoms with Crippen molar-refractivity contribution in [3.05, 3.63) is 23.8 Å². The van der Waals surface area contributed by atoms with Gasteiger partial charge < -0.3 is 15.2 Å². The molecule has 1 amide bonds. The maximum Gasteiger partial charge on any atom is 0.465 e. The number of amides is 1. The smallest absolute Gasteiger partial charge is 0.444 e. The highest BCUT2D eigenvalue weighted by atomic mass is 19.4. The van der Waals surface area contributed by atoms with E-state index in [-0.39, 0.29) is 11.4 Å². The lowest BCUT2D eigenvalue weighted by Gasteiger charge is -2.33. The molecule has 0 aliphatic carbocycles. The second-order valence-corrected chi connectivity index (χ2v) is 3.70. The van der Waals surface area contributed by atoms with Gasteiger partial charge in [-0.3, -0.25) is 4.79 Å². The zero-order valence-corrected chi connectivity index (χ0v) is 8.63. The second-order valence-electron chi connectivity index (χ2n) is 3.70. The Morgan fingerprint density at radius 2 is 2.06 bits per heavy atom. The molecule has 1 aliphatic rings. The van der Waals surface area contributed by atoms with E-state index in [0.717, 1.165) is 5.56 Å². The summed E-state index contributed by atoms with van der Waals surface area (Å²) in [6, 6.07) is 4.21. The largest absolute Gasteiger partial charge is 0.465 e. The number of alkyl halides is 3. The topological polar surface area (TPSA) is 58.6 Å². The summed E-state index contributed by atoms with van der Waals surface area (Å²) in [5.74, 6) is -5.71. The number of fused-ring (bicyclic) bond motifs is 1. The van der Waals surface area contributed by atoms with Gasteiger partial charge in [-0.25, -0.2) is 0 Å². The highest BCUT2D eigenvalue weighted by Gasteiger charge is 2.64. The molecule has 0 fully saturated rings. The van der Waals surface area contributed by atoms with Crippen LogP contribution >= 0.6 is 0 Å². The number of rotatable bonds is 0. The molecule has 0 aromatic heterocycles. The van der Waals surface area contributed by atoms with E-state index in [1.807, 2.05) is 5.32 Å². The van der Waals surface area contributed by atoms with Gasteiger partial charge >= 0.3 is 17.9 Å². The van der Waals surface area contributed by atoms with E-state index in [1.165, 1.54) is 18.2 Å². The maximum atomic E-state index is 12.5. The third kappa shape index (κ3) is 1.72. The minimum Gasteiger partial charge on any atom is -0.444 e. The van der Waals surface area contributed by atoms with E-state index < -0.39 is 17.9 Å². The van der Waals surface area contributed by atoms with Crippen LogP contribution in [0.15, 0.2) is 18.2 Å². The van der Waals surface area contributed by atoms with Crippen molar-refractivity contribution in [3.63, 3.8) is 0 Å². The van der Waals surface area contributed by atoms with Crippen LogP contribution in [0.1, 0.15) is 5.56 Å². The van der Waals surface area contributed by atoms with Gasteiger partial charge in [0.25, 0.3) is 0 Å². The molecule has 7 heteroatoms. The first-order chi connectivity index (χ1) is 7.74. The van der Waals surface area contributed by atoms with Gasteiger partial charge in [0.05, 0.1) is 5.69 Å². The molecule has 2 rings (SSSR count). The first-order valence-corrected chi connectivity index (χ1v) is 4.64. The molecular weight excluding hydrogens is 239 g/mol. The minimum absolute atomic E-state index is 0.101. The van der Waals surface area contributed by atoms with Crippen LogP contribution < -0.4 is 10.1 Å². The van der Waals surface area contributed by atoms with Gasteiger partial charge in [-0.1, -0.05) is 6.07 Å². The fourth-order valence-corrected chi connectivity index (χ4v) is 1.43.